The Balaban J connectivity index is 2.35. The van der Waals surface area contributed by atoms with Gasteiger partial charge in [0.1, 0.15) is 5.78 Å². The van der Waals surface area contributed by atoms with Gasteiger partial charge in [-0.25, -0.2) is 0 Å². The van der Waals surface area contributed by atoms with Crippen LogP contribution in [0.1, 0.15) is 58.8 Å². The average molecular weight is 182 g/mol. The van der Waals surface area contributed by atoms with Crippen molar-refractivity contribution >= 4 is 5.78 Å². The molecule has 0 amide bonds. The summed E-state index contributed by atoms with van der Waals surface area (Å²) >= 11 is 0. The molecule has 1 aliphatic carbocycles. The van der Waals surface area contributed by atoms with Crippen LogP contribution in [0.3, 0.4) is 0 Å². The average Bonchev–Trinajstić information content (AvgIpc) is 2.30. The fourth-order valence-electron chi connectivity index (χ4n) is 2.48. The van der Waals surface area contributed by atoms with Crippen LogP contribution in [-0.4, -0.2) is 5.78 Å². The quantitative estimate of drug-likeness (QED) is 0.610. The van der Waals surface area contributed by atoms with Gasteiger partial charge >= 0.3 is 0 Å². The molecule has 0 aromatic carbocycles. The molecule has 0 aromatic heterocycles. The third-order valence-corrected chi connectivity index (χ3v) is 3.36. The van der Waals surface area contributed by atoms with Gasteiger partial charge in [-0.3, -0.25) is 4.79 Å². The number of hydrogen-bond acceptors (Lipinski definition) is 1. The van der Waals surface area contributed by atoms with Gasteiger partial charge in [-0.1, -0.05) is 32.6 Å². The van der Waals surface area contributed by atoms with E-state index >= 15 is 0 Å². The van der Waals surface area contributed by atoms with E-state index in [0.717, 1.165) is 18.8 Å². The second-order valence-corrected chi connectivity index (χ2v) is 4.47. The zero-order valence-corrected chi connectivity index (χ0v) is 9.01. The molecule has 0 heterocycles. The normalized spacial score (nSPS) is 29.7. The van der Waals surface area contributed by atoms with Crippen LogP contribution in [0.2, 0.25) is 0 Å². The molecule has 0 N–H and O–H groups in total. The molecule has 13 heavy (non-hydrogen) atoms. The van der Waals surface area contributed by atoms with E-state index in [9.17, 15) is 4.79 Å². The summed E-state index contributed by atoms with van der Waals surface area (Å²) in [5.74, 6) is 1.72. The van der Waals surface area contributed by atoms with Crippen LogP contribution in [0.5, 0.6) is 0 Å². The summed E-state index contributed by atoms with van der Waals surface area (Å²) in [5, 5.41) is 0. The van der Waals surface area contributed by atoms with Crippen LogP contribution in [0.15, 0.2) is 0 Å². The topological polar surface area (TPSA) is 17.1 Å². The summed E-state index contributed by atoms with van der Waals surface area (Å²) in [4.78, 5) is 11.2. The van der Waals surface area contributed by atoms with Crippen molar-refractivity contribution < 1.29 is 4.79 Å². The highest BCUT2D eigenvalue weighted by atomic mass is 16.1. The third-order valence-electron chi connectivity index (χ3n) is 3.36. The number of carbonyl (C=O) groups is 1. The maximum absolute atomic E-state index is 11.2. The smallest absolute Gasteiger partial charge is 0.132 e. The summed E-state index contributed by atoms with van der Waals surface area (Å²) in [6.07, 6.45) is 8.89. The van der Waals surface area contributed by atoms with Gasteiger partial charge in [0.25, 0.3) is 0 Å². The number of ketones is 1. The minimum atomic E-state index is 0.391. The summed E-state index contributed by atoms with van der Waals surface area (Å²) < 4.78 is 0. The fourth-order valence-corrected chi connectivity index (χ4v) is 2.48. The van der Waals surface area contributed by atoms with E-state index in [1.54, 1.807) is 6.92 Å². The number of Topliss-reactive ketones (excluding diaryl/α,β-unsaturated/α-hetero) is 1. The highest BCUT2D eigenvalue weighted by molar-refractivity contribution is 5.78. The van der Waals surface area contributed by atoms with E-state index in [2.05, 4.69) is 6.92 Å². The van der Waals surface area contributed by atoms with Gasteiger partial charge < -0.3 is 0 Å². The molecular formula is C12H22O. The molecule has 76 valence electrons. The lowest BCUT2D eigenvalue weighted by atomic mass is 9.93. The van der Waals surface area contributed by atoms with Crippen LogP contribution in [0.25, 0.3) is 0 Å². The Labute approximate surface area is 81.9 Å². The van der Waals surface area contributed by atoms with Crippen LogP contribution in [0, 0.1) is 11.8 Å². The number of hydrogen-bond donors (Lipinski definition) is 0. The van der Waals surface area contributed by atoms with Crippen molar-refractivity contribution in [2.24, 2.45) is 11.8 Å². The monoisotopic (exact) mass is 182 g/mol. The van der Waals surface area contributed by atoms with Crippen molar-refractivity contribution in [3.8, 4) is 0 Å². The molecular weight excluding hydrogens is 160 g/mol. The van der Waals surface area contributed by atoms with Crippen LogP contribution >= 0.6 is 0 Å². The van der Waals surface area contributed by atoms with E-state index in [1.165, 1.54) is 32.1 Å². The largest absolute Gasteiger partial charge is 0.300 e. The Morgan fingerprint density at radius 3 is 2.62 bits per heavy atom. The van der Waals surface area contributed by atoms with Gasteiger partial charge in [0.05, 0.1) is 0 Å². The molecule has 2 unspecified atom stereocenters. The van der Waals surface area contributed by atoms with E-state index in [0.29, 0.717) is 11.7 Å². The van der Waals surface area contributed by atoms with Crippen LogP contribution in [-0.2, 0) is 4.79 Å². The first-order valence-corrected chi connectivity index (χ1v) is 5.74. The Morgan fingerprint density at radius 1 is 1.23 bits per heavy atom. The Kier molecular flexibility index (Phi) is 4.47. The molecule has 0 saturated heterocycles. The summed E-state index contributed by atoms with van der Waals surface area (Å²) in [5.41, 5.74) is 0. The second-order valence-electron chi connectivity index (χ2n) is 4.47. The molecule has 0 aliphatic heterocycles. The second kappa shape index (κ2) is 5.41. The number of carbonyl (C=O) groups excluding carboxylic acids is 1. The summed E-state index contributed by atoms with van der Waals surface area (Å²) in [7, 11) is 0. The minimum Gasteiger partial charge on any atom is -0.300 e. The molecule has 1 heteroatoms. The van der Waals surface area contributed by atoms with E-state index < -0.39 is 0 Å². The first kappa shape index (κ1) is 10.7. The van der Waals surface area contributed by atoms with Crippen molar-refractivity contribution in [3.05, 3.63) is 0 Å². The lowest BCUT2D eigenvalue weighted by molar-refractivity contribution is -0.121. The van der Waals surface area contributed by atoms with Crippen molar-refractivity contribution in [3.63, 3.8) is 0 Å². The van der Waals surface area contributed by atoms with Gasteiger partial charge in [0.15, 0.2) is 0 Å². The highest BCUT2D eigenvalue weighted by Gasteiger charge is 2.20. The third kappa shape index (κ3) is 3.50. The lowest BCUT2D eigenvalue weighted by Gasteiger charge is -2.12. The predicted octanol–water partition coefficient (Wildman–Crippen LogP) is 3.57. The SMILES string of the molecule is CCCC1CCCC(C(C)=O)CC1. The van der Waals surface area contributed by atoms with Crippen LogP contribution in [0.4, 0.5) is 0 Å². The predicted molar refractivity (Wildman–Crippen MR) is 55.7 cm³/mol. The summed E-state index contributed by atoms with van der Waals surface area (Å²) in [6.45, 7) is 4.01. The molecule has 2 atom stereocenters. The molecule has 0 bridgehead atoms. The van der Waals surface area contributed by atoms with Gasteiger partial charge in [-0.05, 0) is 32.1 Å². The molecule has 0 spiro atoms. The number of rotatable bonds is 3. The molecule has 1 rings (SSSR count). The van der Waals surface area contributed by atoms with Crippen molar-refractivity contribution in [1.82, 2.24) is 0 Å². The fraction of sp³-hybridized carbons (Fsp3) is 0.917. The maximum Gasteiger partial charge on any atom is 0.132 e. The van der Waals surface area contributed by atoms with E-state index in [1.807, 2.05) is 0 Å². The van der Waals surface area contributed by atoms with E-state index in [4.69, 9.17) is 0 Å². The van der Waals surface area contributed by atoms with Gasteiger partial charge in [0.2, 0.25) is 0 Å². The summed E-state index contributed by atoms with van der Waals surface area (Å²) in [6, 6.07) is 0. The molecule has 0 radical (unpaired) electrons. The van der Waals surface area contributed by atoms with E-state index in [-0.39, 0.29) is 0 Å². The van der Waals surface area contributed by atoms with Crippen molar-refractivity contribution in [2.75, 3.05) is 0 Å². The Bertz CT molecular complexity index is 163. The molecule has 0 aromatic rings. The first-order valence-electron chi connectivity index (χ1n) is 5.74. The van der Waals surface area contributed by atoms with Gasteiger partial charge in [-0.2, -0.15) is 0 Å². The zero-order chi connectivity index (χ0) is 9.68. The molecule has 1 fully saturated rings. The van der Waals surface area contributed by atoms with Gasteiger partial charge in [0, 0.05) is 5.92 Å². The minimum absolute atomic E-state index is 0.391. The first-order chi connectivity index (χ1) is 6.24. The van der Waals surface area contributed by atoms with Crippen molar-refractivity contribution in [2.45, 2.75) is 58.8 Å². The van der Waals surface area contributed by atoms with Gasteiger partial charge in [-0.15, -0.1) is 0 Å². The molecule has 1 nitrogen and oxygen atoms in total. The maximum atomic E-state index is 11.2. The zero-order valence-electron chi connectivity index (χ0n) is 9.01. The Hall–Kier alpha value is -0.330. The highest BCUT2D eigenvalue weighted by Crippen LogP contribution is 2.30. The Morgan fingerprint density at radius 2 is 2.00 bits per heavy atom. The standard InChI is InChI=1S/C12H22O/c1-3-5-11-6-4-7-12(9-8-11)10(2)13/h11-12H,3-9H2,1-2H3. The lowest BCUT2D eigenvalue weighted by Crippen LogP contribution is -2.09. The molecule has 1 saturated carbocycles. The van der Waals surface area contributed by atoms with Crippen molar-refractivity contribution in [1.29, 1.82) is 0 Å². The molecule has 1 aliphatic rings. The van der Waals surface area contributed by atoms with Crippen LogP contribution < -0.4 is 0 Å².